The summed E-state index contributed by atoms with van der Waals surface area (Å²) in [6.07, 6.45) is 3.41. The Hall–Kier alpha value is -3.87. The highest BCUT2D eigenvalue weighted by Gasteiger charge is 2.14. The number of carbonyl (C=O) groups excluding carboxylic acids is 1. The zero-order valence-electron chi connectivity index (χ0n) is 15.4. The maximum atomic E-state index is 12.6. The number of imidazole rings is 1. The van der Waals surface area contributed by atoms with Gasteiger partial charge in [-0.2, -0.15) is 0 Å². The van der Waals surface area contributed by atoms with Crippen molar-refractivity contribution in [1.29, 1.82) is 0 Å². The number of benzene rings is 2. The number of fused-ring (bicyclic) bond motifs is 1. The van der Waals surface area contributed by atoms with E-state index >= 15 is 0 Å². The first-order chi connectivity index (χ1) is 13.7. The number of nitrogens with one attached hydrogen (secondary N) is 1. The van der Waals surface area contributed by atoms with Crippen LogP contribution in [0.25, 0.3) is 16.9 Å². The minimum atomic E-state index is -0.243. The van der Waals surface area contributed by atoms with E-state index in [-0.39, 0.29) is 5.91 Å². The van der Waals surface area contributed by atoms with E-state index in [1.54, 1.807) is 43.1 Å². The summed E-state index contributed by atoms with van der Waals surface area (Å²) in [6.45, 7) is 0. The van der Waals surface area contributed by atoms with Gasteiger partial charge in [0.15, 0.2) is 11.5 Å². The number of aromatic nitrogens is 3. The fraction of sp³-hybridized carbons (Fsp3) is 0.0952. The first-order valence-electron chi connectivity index (χ1n) is 8.62. The summed E-state index contributed by atoms with van der Waals surface area (Å²) in [7, 11) is 3.17. The van der Waals surface area contributed by atoms with Crippen LogP contribution in [0.4, 0.5) is 5.95 Å². The normalized spacial score (nSPS) is 10.6. The van der Waals surface area contributed by atoms with Crippen molar-refractivity contribution in [3.63, 3.8) is 0 Å². The first kappa shape index (κ1) is 17.5. The summed E-state index contributed by atoms with van der Waals surface area (Å²) in [5, 5.41) is 2.87. The molecule has 0 fully saturated rings. The van der Waals surface area contributed by atoms with Crippen molar-refractivity contribution < 1.29 is 14.3 Å². The number of methoxy groups -OCH3 is 2. The highest BCUT2D eigenvalue weighted by molar-refractivity contribution is 6.03. The Kier molecular flexibility index (Phi) is 4.63. The van der Waals surface area contributed by atoms with Gasteiger partial charge in [-0.1, -0.05) is 18.2 Å². The first-order valence-corrected chi connectivity index (χ1v) is 8.62. The number of rotatable bonds is 5. The molecule has 1 N–H and O–H groups in total. The summed E-state index contributed by atoms with van der Waals surface area (Å²) in [4.78, 5) is 21.6. The van der Waals surface area contributed by atoms with Gasteiger partial charge in [-0.15, -0.1) is 0 Å². The summed E-state index contributed by atoms with van der Waals surface area (Å²) in [6, 6.07) is 16.4. The Labute approximate surface area is 161 Å². The number of hydrogen-bond donors (Lipinski definition) is 1. The van der Waals surface area contributed by atoms with Crippen molar-refractivity contribution in [3.8, 4) is 22.8 Å². The Morgan fingerprint density at radius 3 is 2.54 bits per heavy atom. The number of nitrogens with zero attached hydrogens (tertiary/aromatic N) is 3. The number of hydrogen-bond acceptors (Lipinski definition) is 5. The minimum Gasteiger partial charge on any atom is -0.493 e. The molecule has 0 aliphatic rings. The monoisotopic (exact) mass is 374 g/mol. The van der Waals surface area contributed by atoms with Crippen LogP contribution in [0, 0.1) is 0 Å². The largest absolute Gasteiger partial charge is 0.493 e. The van der Waals surface area contributed by atoms with Crippen LogP contribution in [0.2, 0.25) is 0 Å². The Bertz CT molecular complexity index is 1140. The van der Waals surface area contributed by atoms with Gasteiger partial charge in [0.05, 0.1) is 19.9 Å². The minimum absolute atomic E-state index is 0.243. The quantitative estimate of drug-likeness (QED) is 0.577. The number of ether oxygens (including phenoxy) is 2. The molecule has 4 aromatic rings. The van der Waals surface area contributed by atoms with Crippen molar-refractivity contribution in [1.82, 2.24) is 14.4 Å². The summed E-state index contributed by atoms with van der Waals surface area (Å²) >= 11 is 0. The van der Waals surface area contributed by atoms with Gasteiger partial charge in [-0.05, 0) is 30.3 Å². The highest BCUT2D eigenvalue weighted by Crippen LogP contribution is 2.32. The van der Waals surface area contributed by atoms with E-state index in [4.69, 9.17) is 9.47 Å². The molecule has 0 unspecified atom stereocenters. The van der Waals surface area contributed by atoms with Crippen LogP contribution in [0.3, 0.4) is 0 Å². The van der Waals surface area contributed by atoms with Crippen LogP contribution in [0.15, 0.2) is 67.0 Å². The molecular formula is C21H18N4O3. The zero-order valence-corrected chi connectivity index (χ0v) is 15.4. The fourth-order valence-corrected chi connectivity index (χ4v) is 2.92. The second kappa shape index (κ2) is 7.40. The molecule has 28 heavy (non-hydrogen) atoms. The Morgan fingerprint density at radius 1 is 1.00 bits per heavy atom. The van der Waals surface area contributed by atoms with Crippen LogP contribution in [0.5, 0.6) is 11.5 Å². The molecular weight excluding hydrogens is 356 g/mol. The predicted molar refractivity (Wildman–Crippen MR) is 106 cm³/mol. The van der Waals surface area contributed by atoms with E-state index in [9.17, 15) is 4.79 Å². The lowest BCUT2D eigenvalue weighted by atomic mass is 10.1. The standard InChI is InChI=1S/C21H18N4O3/c1-27-17-9-8-15(12-18(17)28-2)16-13-19-22-10-11-25(19)21(23-16)24-20(26)14-6-4-3-5-7-14/h3-13H,1-2H3,(H,23,24,26). The third-order valence-electron chi connectivity index (χ3n) is 4.33. The molecule has 0 atom stereocenters. The van der Waals surface area contributed by atoms with Gasteiger partial charge in [0.2, 0.25) is 5.95 Å². The molecule has 7 nitrogen and oxygen atoms in total. The molecule has 0 radical (unpaired) electrons. The van der Waals surface area contributed by atoms with Gasteiger partial charge in [0.25, 0.3) is 5.91 Å². The molecule has 140 valence electrons. The smallest absolute Gasteiger partial charge is 0.257 e. The maximum Gasteiger partial charge on any atom is 0.257 e. The summed E-state index contributed by atoms with van der Waals surface area (Å²) in [5.74, 6) is 1.37. The second-order valence-electron chi connectivity index (χ2n) is 6.01. The lowest BCUT2D eigenvalue weighted by Crippen LogP contribution is -2.15. The van der Waals surface area contributed by atoms with Gasteiger partial charge in [-0.25, -0.2) is 9.97 Å². The van der Waals surface area contributed by atoms with Crippen molar-refractivity contribution in [2.45, 2.75) is 0 Å². The van der Waals surface area contributed by atoms with Crippen LogP contribution >= 0.6 is 0 Å². The van der Waals surface area contributed by atoms with Gasteiger partial charge in [0, 0.05) is 29.6 Å². The highest BCUT2D eigenvalue weighted by atomic mass is 16.5. The van der Waals surface area contributed by atoms with Crippen LogP contribution in [-0.2, 0) is 0 Å². The van der Waals surface area contributed by atoms with Crippen LogP contribution in [-0.4, -0.2) is 34.5 Å². The van der Waals surface area contributed by atoms with Crippen molar-refractivity contribution >= 4 is 17.5 Å². The van der Waals surface area contributed by atoms with Crippen LogP contribution < -0.4 is 14.8 Å². The number of anilines is 1. The van der Waals surface area contributed by atoms with E-state index < -0.39 is 0 Å². The lowest BCUT2D eigenvalue weighted by Gasteiger charge is -2.12. The zero-order chi connectivity index (χ0) is 19.5. The molecule has 0 saturated heterocycles. The molecule has 0 spiro atoms. The molecule has 2 aromatic carbocycles. The third-order valence-corrected chi connectivity index (χ3v) is 4.33. The topological polar surface area (TPSA) is 77.8 Å². The number of carbonyl (C=O) groups is 1. The average molecular weight is 374 g/mol. The molecule has 0 aliphatic carbocycles. The van der Waals surface area contributed by atoms with E-state index in [0.29, 0.717) is 34.4 Å². The molecule has 0 aliphatic heterocycles. The molecule has 0 saturated carbocycles. The predicted octanol–water partition coefficient (Wildman–Crippen LogP) is 3.67. The molecule has 7 heteroatoms. The fourth-order valence-electron chi connectivity index (χ4n) is 2.92. The SMILES string of the molecule is COc1ccc(-c2cc3nccn3c(NC(=O)c3ccccc3)n2)cc1OC. The van der Waals surface area contributed by atoms with Gasteiger partial charge < -0.3 is 9.47 Å². The van der Waals surface area contributed by atoms with E-state index in [1.165, 1.54) is 0 Å². The van der Waals surface area contributed by atoms with E-state index in [0.717, 1.165) is 5.56 Å². The molecule has 0 bridgehead atoms. The lowest BCUT2D eigenvalue weighted by molar-refractivity contribution is 0.102. The van der Waals surface area contributed by atoms with Gasteiger partial charge in [-0.3, -0.25) is 14.5 Å². The van der Waals surface area contributed by atoms with Gasteiger partial charge in [0.1, 0.15) is 5.65 Å². The van der Waals surface area contributed by atoms with E-state index in [2.05, 4.69) is 15.3 Å². The summed E-state index contributed by atoms with van der Waals surface area (Å²) < 4.78 is 12.4. The molecule has 2 heterocycles. The average Bonchev–Trinajstić information content (AvgIpc) is 3.23. The maximum absolute atomic E-state index is 12.6. The van der Waals surface area contributed by atoms with Crippen molar-refractivity contribution in [3.05, 3.63) is 72.6 Å². The Balaban J connectivity index is 1.76. The Morgan fingerprint density at radius 2 is 1.79 bits per heavy atom. The number of amides is 1. The molecule has 4 rings (SSSR count). The van der Waals surface area contributed by atoms with Gasteiger partial charge >= 0.3 is 0 Å². The van der Waals surface area contributed by atoms with Crippen molar-refractivity contribution in [2.24, 2.45) is 0 Å². The second-order valence-corrected chi connectivity index (χ2v) is 6.01. The molecule has 1 amide bonds. The third kappa shape index (κ3) is 3.25. The summed E-state index contributed by atoms with van der Waals surface area (Å²) in [5.41, 5.74) is 2.69. The van der Waals surface area contributed by atoms with Crippen LogP contribution in [0.1, 0.15) is 10.4 Å². The van der Waals surface area contributed by atoms with E-state index in [1.807, 2.05) is 42.5 Å². The van der Waals surface area contributed by atoms with Crippen molar-refractivity contribution in [2.75, 3.05) is 19.5 Å². The molecule has 2 aromatic heterocycles.